The summed E-state index contributed by atoms with van der Waals surface area (Å²) in [5, 5.41) is 14.3. The molecule has 0 aromatic heterocycles. The number of nitrogens with one attached hydrogen (secondary N) is 1. The van der Waals surface area contributed by atoms with Crippen molar-refractivity contribution < 1.29 is 14.6 Å². The van der Waals surface area contributed by atoms with Gasteiger partial charge in [-0.15, -0.1) is 0 Å². The first kappa shape index (κ1) is 18.3. The highest BCUT2D eigenvalue weighted by Gasteiger charge is 2.09. The Morgan fingerprint density at radius 2 is 2.17 bits per heavy atom. The molecule has 126 valence electrons. The quantitative estimate of drug-likeness (QED) is 0.570. The molecule has 0 aliphatic heterocycles. The SMILES string of the molecule is CCOc1cc(/C=N\NC(=O)c2ccc(C)c(Cl)c2)cc(Br)c1O. The Hall–Kier alpha value is -2.05. The molecule has 2 rings (SSSR count). The lowest BCUT2D eigenvalue weighted by atomic mass is 10.1. The van der Waals surface area contributed by atoms with E-state index in [0.717, 1.165) is 5.56 Å². The van der Waals surface area contributed by atoms with Crippen LogP contribution < -0.4 is 10.2 Å². The van der Waals surface area contributed by atoms with Gasteiger partial charge < -0.3 is 9.84 Å². The van der Waals surface area contributed by atoms with Crippen LogP contribution >= 0.6 is 27.5 Å². The number of rotatable bonds is 5. The summed E-state index contributed by atoms with van der Waals surface area (Å²) in [7, 11) is 0. The van der Waals surface area contributed by atoms with Crippen LogP contribution in [-0.2, 0) is 0 Å². The summed E-state index contributed by atoms with van der Waals surface area (Å²) >= 11 is 9.25. The monoisotopic (exact) mass is 410 g/mol. The molecule has 0 saturated heterocycles. The summed E-state index contributed by atoms with van der Waals surface area (Å²) in [5.74, 6) is -0.00618. The molecule has 0 bridgehead atoms. The number of carbonyl (C=O) groups is 1. The fourth-order valence-corrected chi connectivity index (χ4v) is 2.54. The molecule has 7 heteroatoms. The number of halogens is 2. The number of carbonyl (C=O) groups excluding carboxylic acids is 1. The van der Waals surface area contributed by atoms with Crippen molar-refractivity contribution in [3.63, 3.8) is 0 Å². The summed E-state index contributed by atoms with van der Waals surface area (Å²) in [6.45, 7) is 4.10. The van der Waals surface area contributed by atoms with E-state index in [1.165, 1.54) is 6.21 Å². The third-order valence-corrected chi connectivity index (χ3v) is 4.18. The summed E-state index contributed by atoms with van der Waals surface area (Å²) in [4.78, 5) is 12.0. The number of aromatic hydroxyl groups is 1. The minimum absolute atomic E-state index is 0.0207. The fourth-order valence-electron chi connectivity index (χ4n) is 1.90. The van der Waals surface area contributed by atoms with Crippen LogP contribution in [0.1, 0.15) is 28.4 Å². The first-order valence-electron chi connectivity index (χ1n) is 7.17. The van der Waals surface area contributed by atoms with Crippen molar-refractivity contribution in [3.05, 3.63) is 56.5 Å². The number of nitrogens with zero attached hydrogens (tertiary/aromatic N) is 1. The molecule has 2 aromatic rings. The molecule has 2 aromatic carbocycles. The van der Waals surface area contributed by atoms with Gasteiger partial charge in [-0.05, 0) is 65.2 Å². The van der Waals surface area contributed by atoms with Crippen molar-refractivity contribution in [1.82, 2.24) is 5.43 Å². The number of hydrogen-bond donors (Lipinski definition) is 2. The Kier molecular flexibility index (Phi) is 6.23. The van der Waals surface area contributed by atoms with E-state index in [1.54, 1.807) is 30.3 Å². The van der Waals surface area contributed by atoms with E-state index in [-0.39, 0.29) is 11.7 Å². The lowest BCUT2D eigenvalue weighted by Crippen LogP contribution is -2.17. The third kappa shape index (κ3) is 4.49. The van der Waals surface area contributed by atoms with Crippen LogP contribution in [0.5, 0.6) is 11.5 Å². The molecule has 0 atom stereocenters. The Balaban J connectivity index is 2.11. The fraction of sp³-hybridized carbons (Fsp3) is 0.176. The number of hydrogen-bond acceptors (Lipinski definition) is 4. The average molecular weight is 412 g/mol. The second-order valence-corrected chi connectivity index (χ2v) is 6.21. The third-order valence-electron chi connectivity index (χ3n) is 3.16. The second-order valence-electron chi connectivity index (χ2n) is 4.95. The highest BCUT2D eigenvalue weighted by molar-refractivity contribution is 9.10. The van der Waals surface area contributed by atoms with Gasteiger partial charge in [0.15, 0.2) is 11.5 Å². The number of hydrazone groups is 1. The molecule has 1 amide bonds. The molecule has 0 unspecified atom stereocenters. The van der Waals surface area contributed by atoms with E-state index in [1.807, 2.05) is 13.8 Å². The van der Waals surface area contributed by atoms with Gasteiger partial charge in [0, 0.05) is 10.6 Å². The summed E-state index contributed by atoms with van der Waals surface area (Å²) in [6.07, 6.45) is 1.46. The van der Waals surface area contributed by atoms with Gasteiger partial charge in [-0.2, -0.15) is 5.10 Å². The Morgan fingerprint density at radius 1 is 1.42 bits per heavy atom. The van der Waals surface area contributed by atoms with Crippen LogP contribution in [0.15, 0.2) is 39.9 Å². The zero-order valence-corrected chi connectivity index (χ0v) is 15.5. The molecule has 0 heterocycles. The van der Waals surface area contributed by atoms with Gasteiger partial charge in [0.1, 0.15) is 0 Å². The van der Waals surface area contributed by atoms with Crippen LogP contribution in [0.25, 0.3) is 0 Å². The van der Waals surface area contributed by atoms with E-state index < -0.39 is 0 Å². The van der Waals surface area contributed by atoms with Crippen molar-refractivity contribution in [3.8, 4) is 11.5 Å². The van der Waals surface area contributed by atoms with Gasteiger partial charge in [0.05, 0.1) is 17.3 Å². The average Bonchev–Trinajstić information content (AvgIpc) is 2.54. The van der Waals surface area contributed by atoms with Gasteiger partial charge in [0.25, 0.3) is 5.91 Å². The maximum atomic E-state index is 12.0. The van der Waals surface area contributed by atoms with E-state index in [2.05, 4.69) is 26.5 Å². The lowest BCUT2D eigenvalue weighted by molar-refractivity contribution is 0.0955. The molecule has 0 radical (unpaired) electrons. The van der Waals surface area contributed by atoms with Crippen LogP contribution in [0, 0.1) is 6.92 Å². The van der Waals surface area contributed by atoms with Gasteiger partial charge in [0.2, 0.25) is 0 Å². The Labute approximate surface area is 153 Å². The maximum absolute atomic E-state index is 12.0. The zero-order chi connectivity index (χ0) is 17.7. The Morgan fingerprint density at radius 3 is 2.83 bits per heavy atom. The van der Waals surface area contributed by atoms with Crippen LogP contribution in [0.2, 0.25) is 5.02 Å². The van der Waals surface area contributed by atoms with E-state index >= 15 is 0 Å². The molecular formula is C17H16BrClN2O3. The van der Waals surface area contributed by atoms with E-state index in [9.17, 15) is 9.90 Å². The van der Waals surface area contributed by atoms with Gasteiger partial charge in [-0.1, -0.05) is 17.7 Å². The summed E-state index contributed by atoms with van der Waals surface area (Å²) in [5.41, 5.74) is 4.41. The first-order chi connectivity index (χ1) is 11.4. The molecule has 5 nitrogen and oxygen atoms in total. The molecular weight excluding hydrogens is 396 g/mol. The number of benzene rings is 2. The Bertz CT molecular complexity index is 794. The number of phenols is 1. The second kappa shape index (κ2) is 8.17. The highest BCUT2D eigenvalue weighted by Crippen LogP contribution is 2.35. The molecule has 2 N–H and O–H groups in total. The minimum atomic E-state index is -0.365. The van der Waals surface area contributed by atoms with Crippen molar-refractivity contribution in [2.75, 3.05) is 6.61 Å². The standard InChI is InChI=1S/C17H16BrClN2O3/c1-3-24-15-7-11(6-13(18)16(15)22)9-20-21-17(23)12-5-4-10(2)14(19)8-12/h4-9,22H,3H2,1-2H3,(H,21,23)/b20-9-. The predicted octanol–water partition coefficient (Wildman–Crippen LogP) is 4.28. The summed E-state index contributed by atoms with van der Waals surface area (Å²) < 4.78 is 5.81. The molecule has 0 fully saturated rings. The van der Waals surface area contributed by atoms with Gasteiger partial charge in [-0.25, -0.2) is 5.43 Å². The number of ether oxygens (including phenoxy) is 1. The van der Waals surface area contributed by atoms with Gasteiger partial charge >= 0.3 is 0 Å². The molecule has 0 saturated carbocycles. The largest absolute Gasteiger partial charge is 0.503 e. The van der Waals surface area contributed by atoms with Crippen LogP contribution in [0.3, 0.4) is 0 Å². The zero-order valence-electron chi connectivity index (χ0n) is 13.1. The topological polar surface area (TPSA) is 70.9 Å². The molecule has 24 heavy (non-hydrogen) atoms. The van der Waals surface area contributed by atoms with Gasteiger partial charge in [-0.3, -0.25) is 4.79 Å². The highest BCUT2D eigenvalue weighted by atomic mass is 79.9. The predicted molar refractivity (Wildman–Crippen MR) is 98.2 cm³/mol. The normalized spacial score (nSPS) is 10.8. The molecule has 0 spiro atoms. The lowest BCUT2D eigenvalue weighted by Gasteiger charge is -2.08. The van der Waals surface area contributed by atoms with E-state index in [4.69, 9.17) is 16.3 Å². The molecule has 0 aliphatic rings. The van der Waals surface area contributed by atoms with Crippen molar-refractivity contribution >= 4 is 39.7 Å². The van der Waals surface area contributed by atoms with Crippen LogP contribution in [0.4, 0.5) is 0 Å². The maximum Gasteiger partial charge on any atom is 0.271 e. The van der Waals surface area contributed by atoms with Crippen molar-refractivity contribution in [2.45, 2.75) is 13.8 Å². The number of phenolic OH excluding ortho intramolecular Hbond substituents is 1. The molecule has 0 aliphatic carbocycles. The van der Waals surface area contributed by atoms with Crippen LogP contribution in [-0.4, -0.2) is 23.8 Å². The van der Waals surface area contributed by atoms with E-state index in [0.29, 0.717) is 33.0 Å². The summed E-state index contributed by atoms with van der Waals surface area (Å²) in [6, 6.07) is 8.33. The number of amides is 1. The first-order valence-corrected chi connectivity index (χ1v) is 8.34. The number of aryl methyl sites for hydroxylation is 1. The van der Waals surface area contributed by atoms with Crippen molar-refractivity contribution in [2.24, 2.45) is 5.10 Å². The smallest absolute Gasteiger partial charge is 0.271 e. The minimum Gasteiger partial charge on any atom is -0.503 e. The van der Waals surface area contributed by atoms with Crippen molar-refractivity contribution in [1.29, 1.82) is 0 Å².